The summed E-state index contributed by atoms with van der Waals surface area (Å²) in [5.41, 5.74) is 0.382. The molecule has 0 saturated carbocycles. The largest absolute Gasteiger partial charge is 0.341 e. The average Bonchev–Trinajstić information content (AvgIpc) is 3.08. The molecule has 102 valence electrons. The Balaban J connectivity index is 1.51. The van der Waals surface area contributed by atoms with Gasteiger partial charge < -0.3 is 10.2 Å². The van der Waals surface area contributed by atoms with Gasteiger partial charge >= 0.3 is 0 Å². The molecular weight excluding hydrogens is 256 g/mol. The number of nitrogens with zero attached hydrogens (tertiary/aromatic N) is 1. The third-order valence-electron chi connectivity index (χ3n) is 4.23. The highest BCUT2D eigenvalue weighted by atomic mass is 32.2. The molecule has 0 aliphatic carbocycles. The lowest BCUT2D eigenvalue weighted by Crippen LogP contribution is -2.34. The van der Waals surface area contributed by atoms with Crippen LogP contribution in [-0.2, 0) is 4.79 Å². The molecule has 3 rings (SSSR count). The molecule has 1 spiro atoms. The van der Waals surface area contributed by atoms with Crippen molar-refractivity contribution >= 4 is 17.7 Å². The Bertz CT molecular complexity index is 443. The molecule has 1 aromatic rings. The summed E-state index contributed by atoms with van der Waals surface area (Å²) in [7, 11) is 0. The Hall–Kier alpha value is -1.00. The highest BCUT2D eigenvalue weighted by Crippen LogP contribution is 2.36. The number of amides is 1. The Morgan fingerprint density at radius 3 is 2.89 bits per heavy atom. The quantitative estimate of drug-likeness (QED) is 0.857. The molecule has 4 heteroatoms. The zero-order chi connectivity index (χ0) is 13.1. The maximum absolute atomic E-state index is 12.2. The minimum absolute atomic E-state index is 0.289. The summed E-state index contributed by atoms with van der Waals surface area (Å²) in [6, 6.07) is 10.2. The van der Waals surface area contributed by atoms with Gasteiger partial charge in [0.25, 0.3) is 0 Å². The molecule has 1 aromatic carbocycles. The predicted molar refractivity (Wildman–Crippen MR) is 78.3 cm³/mol. The Labute approximate surface area is 118 Å². The van der Waals surface area contributed by atoms with E-state index in [9.17, 15) is 4.79 Å². The third-order valence-corrected chi connectivity index (χ3v) is 5.23. The number of rotatable bonds is 3. The molecule has 2 aliphatic heterocycles. The van der Waals surface area contributed by atoms with Gasteiger partial charge in [-0.05, 0) is 31.5 Å². The number of hydrogen-bond donors (Lipinski definition) is 1. The first-order valence-corrected chi connectivity index (χ1v) is 7.92. The predicted octanol–water partition coefficient (Wildman–Crippen LogP) is 1.99. The molecule has 2 fully saturated rings. The van der Waals surface area contributed by atoms with Crippen LogP contribution in [0.5, 0.6) is 0 Å². The van der Waals surface area contributed by atoms with E-state index < -0.39 is 0 Å². The molecule has 0 aromatic heterocycles. The lowest BCUT2D eigenvalue weighted by Gasteiger charge is -2.22. The lowest BCUT2D eigenvalue weighted by molar-refractivity contribution is -0.127. The molecule has 2 heterocycles. The Morgan fingerprint density at radius 1 is 1.32 bits per heavy atom. The topological polar surface area (TPSA) is 32.3 Å². The Morgan fingerprint density at radius 2 is 2.16 bits per heavy atom. The number of nitrogens with one attached hydrogen (secondary N) is 1. The summed E-state index contributed by atoms with van der Waals surface area (Å²) < 4.78 is 0. The zero-order valence-electron chi connectivity index (χ0n) is 11.1. The molecule has 1 atom stereocenters. The van der Waals surface area contributed by atoms with Gasteiger partial charge in [0.1, 0.15) is 0 Å². The van der Waals surface area contributed by atoms with Crippen LogP contribution in [0.15, 0.2) is 35.2 Å². The van der Waals surface area contributed by atoms with Crippen LogP contribution in [-0.4, -0.2) is 42.7 Å². The van der Waals surface area contributed by atoms with Gasteiger partial charge in [0.2, 0.25) is 5.91 Å². The highest BCUT2D eigenvalue weighted by Gasteiger charge is 2.41. The van der Waals surface area contributed by atoms with Gasteiger partial charge in [0, 0.05) is 29.9 Å². The fourth-order valence-corrected chi connectivity index (χ4v) is 3.87. The summed E-state index contributed by atoms with van der Waals surface area (Å²) in [5.74, 6) is 0.852. The van der Waals surface area contributed by atoms with Crippen molar-refractivity contribution < 1.29 is 4.79 Å². The molecular formula is C15H20N2OS. The summed E-state index contributed by atoms with van der Waals surface area (Å²) in [5, 5.41) is 3.43. The monoisotopic (exact) mass is 276 g/mol. The summed E-state index contributed by atoms with van der Waals surface area (Å²) in [4.78, 5) is 15.5. The van der Waals surface area contributed by atoms with Gasteiger partial charge in [-0.1, -0.05) is 18.2 Å². The van der Waals surface area contributed by atoms with Crippen molar-refractivity contribution in [2.45, 2.75) is 17.7 Å². The first kappa shape index (κ1) is 13.0. The number of hydrogen-bond acceptors (Lipinski definition) is 3. The van der Waals surface area contributed by atoms with Gasteiger partial charge in [-0.15, -0.1) is 11.8 Å². The van der Waals surface area contributed by atoms with E-state index in [0.29, 0.717) is 11.2 Å². The van der Waals surface area contributed by atoms with Crippen LogP contribution in [0.3, 0.4) is 0 Å². The van der Waals surface area contributed by atoms with Crippen LogP contribution in [0.4, 0.5) is 0 Å². The number of carbonyl (C=O) groups excluding carboxylic acids is 1. The maximum Gasteiger partial charge on any atom is 0.232 e. The van der Waals surface area contributed by atoms with Crippen LogP contribution in [0.1, 0.15) is 12.8 Å². The van der Waals surface area contributed by atoms with Crippen molar-refractivity contribution in [1.82, 2.24) is 10.2 Å². The van der Waals surface area contributed by atoms with Crippen molar-refractivity contribution in [1.29, 1.82) is 0 Å². The average molecular weight is 276 g/mol. The van der Waals surface area contributed by atoms with Gasteiger partial charge in [0.15, 0.2) is 0 Å². The van der Waals surface area contributed by atoms with Gasteiger partial charge in [-0.25, -0.2) is 0 Å². The third kappa shape index (κ3) is 2.95. The van der Waals surface area contributed by atoms with Crippen LogP contribution in [0, 0.1) is 5.41 Å². The number of likely N-dealkylation sites (tertiary alicyclic amines) is 1. The number of thioether (sulfide) groups is 1. The van der Waals surface area contributed by atoms with Crippen molar-refractivity contribution in [2.24, 2.45) is 5.41 Å². The molecule has 2 saturated heterocycles. The lowest BCUT2D eigenvalue weighted by atomic mass is 9.87. The fraction of sp³-hybridized carbons (Fsp3) is 0.533. The minimum Gasteiger partial charge on any atom is -0.341 e. The van der Waals surface area contributed by atoms with Crippen LogP contribution in [0.2, 0.25) is 0 Å². The number of benzene rings is 1. The van der Waals surface area contributed by atoms with Crippen molar-refractivity contribution in [3.63, 3.8) is 0 Å². The van der Waals surface area contributed by atoms with E-state index in [1.165, 1.54) is 17.7 Å². The molecule has 3 nitrogen and oxygen atoms in total. The van der Waals surface area contributed by atoms with E-state index in [2.05, 4.69) is 22.3 Å². The molecule has 19 heavy (non-hydrogen) atoms. The van der Waals surface area contributed by atoms with Crippen LogP contribution in [0.25, 0.3) is 0 Å². The minimum atomic E-state index is 0.289. The van der Waals surface area contributed by atoms with E-state index in [4.69, 9.17) is 0 Å². The summed E-state index contributed by atoms with van der Waals surface area (Å²) >= 11 is 1.64. The van der Waals surface area contributed by atoms with Crippen molar-refractivity contribution in [3.8, 4) is 0 Å². The second kappa shape index (κ2) is 5.55. The van der Waals surface area contributed by atoms with E-state index in [0.717, 1.165) is 26.2 Å². The standard InChI is InChI=1S/C15H20N2OS/c18-14(10-19-13-4-2-1-3-5-13)17-9-7-15(12-17)6-8-16-11-15/h1-5,16H,6-12H2. The molecule has 1 amide bonds. The smallest absolute Gasteiger partial charge is 0.232 e. The molecule has 2 aliphatic rings. The molecule has 0 radical (unpaired) electrons. The highest BCUT2D eigenvalue weighted by molar-refractivity contribution is 8.00. The van der Waals surface area contributed by atoms with Crippen molar-refractivity contribution in [3.05, 3.63) is 30.3 Å². The second-order valence-corrected chi connectivity index (χ2v) is 6.64. The van der Waals surface area contributed by atoms with Gasteiger partial charge in [-0.2, -0.15) is 0 Å². The molecule has 1 unspecified atom stereocenters. The van der Waals surface area contributed by atoms with Gasteiger partial charge in [0.05, 0.1) is 5.75 Å². The van der Waals surface area contributed by atoms with Crippen LogP contribution < -0.4 is 5.32 Å². The SMILES string of the molecule is O=C(CSc1ccccc1)N1CCC2(CCNC2)C1. The molecule has 0 bridgehead atoms. The normalized spacial score (nSPS) is 26.2. The maximum atomic E-state index is 12.2. The summed E-state index contributed by atoms with van der Waals surface area (Å²) in [6.45, 7) is 4.09. The summed E-state index contributed by atoms with van der Waals surface area (Å²) in [6.07, 6.45) is 2.39. The van der Waals surface area contributed by atoms with Crippen molar-refractivity contribution in [2.75, 3.05) is 31.9 Å². The molecule has 1 N–H and O–H groups in total. The van der Waals surface area contributed by atoms with E-state index in [1.807, 2.05) is 18.2 Å². The van der Waals surface area contributed by atoms with Crippen LogP contribution >= 0.6 is 11.8 Å². The van der Waals surface area contributed by atoms with E-state index in [-0.39, 0.29) is 5.91 Å². The van der Waals surface area contributed by atoms with E-state index in [1.54, 1.807) is 11.8 Å². The zero-order valence-corrected chi connectivity index (χ0v) is 11.9. The fourth-order valence-electron chi connectivity index (χ4n) is 3.04. The second-order valence-electron chi connectivity index (χ2n) is 5.59. The first-order valence-electron chi connectivity index (χ1n) is 6.94. The van der Waals surface area contributed by atoms with E-state index >= 15 is 0 Å². The van der Waals surface area contributed by atoms with Gasteiger partial charge in [-0.3, -0.25) is 4.79 Å². The first-order chi connectivity index (χ1) is 9.27. The number of carbonyl (C=O) groups is 1. The Kier molecular flexibility index (Phi) is 3.80.